The van der Waals surface area contributed by atoms with E-state index in [1.807, 2.05) is 0 Å². The van der Waals surface area contributed by atoms with Crippen molar-refractivity contribution in [2.75, 3.05) is 0 Å². The van der Waals surface area contributed by atoms with E-state index in [2.05, 4.69) is 15.9 Å². The lowest BCUT2D eigenvalue weighted by Crippen LogP contribution is -2.10. The van der Waals surface area contributed by atoms with Gasteiger partial charge in [0.1, 0.15) is 11.6 Å². The molecule has 2 rings (SSSR count). The predicted octanol–water partition coefficient (Wildman–Crippen LogP) is 3.26. The zero-order chi connectivity index (χ0) is 12.6. The summed E-state index contributed by atoms with van der Waals surface area (Å²) in [6.45, 7) is 0. The van der Waals surface area contributed by atoms with Crippen LogP contribution in [0.2, 0.25) is 0 Å². The lowest BCUT2D eigenvalue weighted by molar-refractivity contribution is -0.137. The zero-order valence-corrected chi connectivity index (χ0v) is 10.6. The van der Waals surface area contributed by atoms with Gasteiger partial charge in [-0.05, 0) is 46.8 Å². The van der Waals surface area contributed by atoms with Gasteiger partial charge in [0.2, 0.25) is 0 Å². The Hall–Kier alpha value is -1.10. The summed E-state index contributed by atoms with van der Waals surface area (Å²) in [6.07, 6.45) is 1.64. The maximum absolute atomic E-state index is 14.0. The SMILES string of the molecule is O=C(O)CC(c1c(O)ccc(Br)c1F)C1CC1. The summed E-state index contributed by atoms with van der Waals surface area (Å²) in [4.78, 5) is 10.8. The molecule has 1 aliphatic rings. The molecule has 0 radical (unpaired) electrons. The summed E-state index contributed by atoms with van der Waals surface area (Å²) < 4.78 is 14.2. The van der Waals surface area contributed by atoms with Crippen molar-refractivity contribution in [1.82, 2.24) is 0 Å². The number of aliphatic carboxylic acids is 1. The molecule has 92 valence electrons. The average molecular weight is 303 g/mol. The van der Waals surface area contributed by atoms with E-state index < -0.39 is 17.7 Å². The summed E-state index contributed by atoms with van der Waals surface area (Å²) in [7, 11) is 0. The third-order valence-corrected chi connectivity index (χ3v) is 3.68. The molecule has 1 fully saturated rings. The van der Waals surface area contributed by atoms with E-state index in [0.29, 0.717) is 0 Å². The third kappa shape index (κ3) is 2.60. The van der Waals surface area contributed by atoms with Gasteiger partial charge in [0, 0.05) is 11.5 Å². The fraction of sp³-hybridized carbons (Fsp3) is 0.417. The predicted molar refractivity (Wildman–Crippen MR) is 63.5 cm³/mol. The fourth-order valence-electron chi connectivity index (χ4n) is 2.10. The van der Waals surface area contributed by atoms with E-state index in [1.54, 1.807) is 0 Å². The molecule has 2 N–H and O–H groups in total. The van der Waals surface area contributed by atoms with Gasteiger partial charge in [-0.1, -0.05) is 0 Å². The molecule has 0 aliphatic heterocycles. The molecular weight excluding hydrogens is 291 g/mol. The van der Waals surface area contributed by atoms with Crippen LogP contribution < -0.4 is 0 Å². The highest BCUT2D eigenvalue weighted by molar-refractivity contribution is 9.10. The van der Waals surface area contributed by atoms with Gasteiger partial charge in [-0.15, -0.1) is 0 Å². The molecule has 1 atom stereocenters. The Morgan fingerprint density at radius 3 is 2.71 bits per heavy atom. The number of halogens is 2. The highest BCUT2D eigenvalue weighted by Gasteiger charge is 2.37. The van der Waals surface area contributed by atoms with Gasteiger partial charge in [0.25, 0.3) is 0 Å². The van der Waals surface area contributed by atoms with Crippen LogP contribution in [0.1, 0.15) is 30.7 Å². The smallest absolute Gasteiger partial charge is 0.303 e. The number of carboxylic acid groups (broad SMARTS) is 1. The molecule has 1 aromatic rings. The lowest BCUT2D eigenvalue weighted by atomic mass is 9.90. The first-order valence-electron chi connectivity index (χ1n) is 5.39. The molecule has 0 aromatic heterocycles. The molecule has 0 heterocycles. The van der Waals surface area contributed by atoms with Crippen molar-refractivity contribution in [2.45, 2.75) is 25.2 Å². The van der Waals surface area contributed by atoms with Crippen molar-refractivity contribution in [3.8, 4) is 5.75 Å². The molecule has 0 spiro atoms. The van der Waals surface area contributed by atoms with Crippen LogP contribution in [0, 0.1) is 11.7 Å². The van der Waals surface area contributed by atoms with Crippen LogP contribution in [-0.2, 0) is 4.79 Å². The minimum atomic E-state index is -0.972. The van der Waals surface area contributed by atoms with E-state index in [-0.39, 0.29) is 28.1 Å². The molecule has 3 nitrogen and oxygen atoms in total. The second-order valence-electron chi connectivity index (χ2n) is 4.34. The van der Waals surface area contributed by atoms with Gasteiger partial charge in [-0.25, -0.2) is 4.39 Å². The topological polar surface area (TPSA) is 57.5 Å². The molecule has 1 saturated carbocycles. The Kier molecular flexibility index (Phi) is 3.38. The molecule has 1 unspecified atom stereocenters. The molecule has 0 saturated heterocycles. The summed E-state index contributed by atoms with van der Waals surface area (Å²) in [5.74, 6) is -1.96. The number of benzene rings is 1. The van der Waals surface area contributed by atoms with Crippen molar-refractivity contribution in [3.05, 3.63) is 28.0 Å². The van der Waals surface area contributed by atoms with E-state index >= 15 is 0 Å². The Bertz CT molecular complexity index is 457. The van der Waals surface area contributed by atoms with Crippen LogP contribution in [0.3, 0.4) is 0 Å². The van der Waals surface area contributed by atoms with Crippen LogP contribution in [0.5, 0.6) is 5.75 Å². The monoisotopic (exact) mass is 302 g/mol. The van der Waals surface area contributed by atoms with E-state index in [4.69, 9.17) is 5.11 Å². The number of carbonyl (C=O) groups is 1. The van der Waals surface area contributed by atoms with Gasteiger partial charge in [-0.3, -0.25) is 4.79 Å². The number of rotatable bonds is 4. The minimum absolute atomic E-state index is 0.129. The summed E-state index contributed by atoms with van der Waals surface area (Å²) in [5.41, 5.74) is 0.129. The van der Waals surface area contributed by atoms with Crippen molar-refractivity contribution >= 4 is 21.9 Å². The van der Waals surface area contributed by atoms with Crippen LogP contribution in [-0.4, -0.2) is 16.2 Å². The van der Waals surface area contributed by atoms with E-state index in [9.17, 15) is 14.3 Å². The van der Waals surface area contributed by atoms with Gasteiger partial charge < -0.3 is 10.2 Å². The standard InChI is InChI=1S/C12H12BrFO3/c13-8-3-4-9(15)11(12(8)14)7(5-10(16)17)6-1-2-6/h3-4,6-7,15H,1-2,5H2,(H,16,17). The van der Waals surface area contributed by atoms with Gasteiger partial charge >= 0.3 is 5.97 Å². The number of phenolic OH excluding ortho intramolecular Hbond substituents is 1. The highest BCUT2D eigenvalue weighted by atomic mass is 79.9. The number of phenols is 1. The van der Waals surface area contributed by atoms with Crippen LogP contribution >= 0.6 is 15.9 Å². The molecule has 5 heteroatoms. The number of hydrogen-bond donors (Lipinski definition) is 2. The van der Waals surface area contributed by atoms with Crippen molar-refractivity contribution < 1.29 is 19.4 Å². The Morgan fingerprint density at radius 1 is 1.53 bits per heavy atom. The Balaban J connectivity index is 2.41. The van der Waals surface area contributed by atoms with Crippen molar-refractivity contribution in [3.63, 3.8) is 0 Å². The molecule has 0 bridgehead atoms. The summed E-state index contributed by atoms with van der Waals surface area (Å²) in [6, 6.07) is 2.80. The van der Waals surface area contributed by atoms with Crippen LogP contribution in [0.15, 0.2) is 16.6 Å². The molecule has 17 heavy (non-hydrogen) atoms. The average Bonchev–Trinajstić information content (AvgIpc) is 3.06. The maximum Gasteiger partial charge on any atom is 0.303 e. The van der Waals surface area contributed by atoms with E-state index in [0.717, 1.165) is 12.8 Å². The second kappa shape index (κ2) is 4.64. The number of aromatic hydroxyl groups is 1. The third-order valence-electron chi connectivity index (χ3n) is 3.07. The Labute approximate surface area is 106 Å². The van der Waals surface area contributed by atoms with E-state index in [1.165, 1.54) is 12.1 Å². The van der Waals surface area contributed by atoms with Crippen molar-refractivity contribution in [2.24, 2.45) is 5.92 Å². The Morgan fingerprint density at radius 2 is 2.18 bits per heavy atom. The van der Waals surface area contributed by atoms with Gasteiger partial charge in [0.05, 0.1) is 10.9 Å². The second-order valence-corrected chi connectivity index (χ2v) is 5.19. The summed E-state index contributed by atoms with van der Waals surface area (Å²) in [5, 5.41) is 18.6. The first kappa shape index (κ1) is 12.4. The fourth-order valence-corrected chi connectivity index (χ4v) is 2.45. The summed E-state index contributed by atoms with van der Waals surface area (Å²) >= 11 is 3.05. The molecular formula is C12H12BrFO3. The molecule has 1 aliphatic carbocycles. The van der Waals surface area contributed by atoms with Crippen molar-refractivity contribution in [1.29, 1.82) is 0 Å². The van der Waals surface area contributed by atoms with Gasteiger partial charge in [-0.2, -0.15) is 0 Å². The maximum atomic E-state index is 14.0. The normalized spacial score (nSPS) is 16.8. The number of hydrogen-bond acceptors (Lipinski definition) is 2. The quantitative estimate of drug-likeness (QED) is 0.897. The number of carboxylic acids is 1. The van der Waals surface area contributed by atoms with Gasteiger partial charge in [0.15, 0.2) is 0 Å². The van der Waals surface area contributed by atoms with Crippen LogP contribution in [0.25, 0.3) is 0 Å². The first-order valence-corrected chi connectivity index (χ1v) is 6.18. The zero-order valence-electron chi connectivity index (χ0n) is 8.99. The minimum Gasteiger partial charge on any atom is -0.508 e. The molecule has 1 aromatic carbocycles. The highest BCUT2D eigenvalue weighted by Crippen LogP contribution is 2.48. The van der Waals surface area contributed by atoms with Crippen LogP contribution in [0.4, 0.5) is 4.39 Å². The molecule has 0 amide bonds. The largest absolute Gasteiger partial charge is 0.508 e. The first-order chi connectivity index (χ1) is 8.00. The lowest BCUT2D eigenvalue weighted by Gasteiger charge is -2.17.